The predicted octanol–water partition coefficient (Wildman–Crippen LogP) is 3.32. The molecule has 1 aromatic heterocycles. The van der Waals surface area contributed by atoms with Gasteiger partial charge in [-0.15, -0.1) is 0 Å². The highest BCUT2D eigenvalue weighted by Gasteiger charge is 2.21. The Morgan fingerprint density at radius 2 is 1.74 bits per heavy atom. The number of hydrogen-bond donors (Lipinski definition) is 2. The number of methoxy groups -OCH3 is 1. The lowest BCUT2D eigenvalue weighted by atomic mass is 9.98. The summed E-state index contributed by atoms with van der Waals surface area (Å²) in [6.07, 6.45) is 0.320. The first-order chi connectivity index (χ1) is 14.8. The van der Waals surface area contributed by atoms with E-state index in [-0.39, 0.29) is 18.3 Å². The van der Waals surface area contributed by atoms with Crippen molar-refractivity contribution in [3.63, 3.8) is 0 Å². The number of amides is 2. The number of primary amides is 1. The molecule has 2 amide bonds. The average molecular weight is 423 g/mol. The van der Waals surface area contributed by atoms with Crippen LogP contribution in [0.1, 0.15) is 27.3 Å². The highest BCUT2D eigenvalue weighted by atomic mass is 19.1. The smallest absolute Gasteiger partial charge is 0.253 e. The van der Waals surface area contributed by atoms with E-state index in [0.29, 0.717) is 12.0 Å². The van der Waals surface area contributed by atoms with Crippen LogP contribution in [0, 0.1) is 25.6 Å². The standard InChI is InChI=1S/C24H26FN3O3/c1-15-12-22(16(2)28(15)20-8-10-21(31-3)11-9-20)24(30)27-14-18(23(26)29)13-17-4-6-19(25)7-5-17/h4-12,18H,13-14H2,1-3H3,(H2,26,29)(H,27,30). The van der Waals surface area contributed by atoms with E-state index in [2.05, 4.69) is 5.32 Å². The second kappa shape index (κ2) is 9.47. The third-order valence-electron chi connectivity index (χ3n) is 5.31. The van der Waals surface area contributed by atoms with Gasteiger partial charge in [-0.3, -0.25) is 9.59 Å². The molecule has 2 aromatic carbocycles. The third kappa shape index (κ3) is 5.12. The van der Waals surface area contributed by atoms with Gasteiger partial charge in [-0.25, -0.2) is 4.39 Å². The van der Waals surface area contributed by atoms with Crippen LogP contribution in [0.25, 0.3) is 5.69 Å². The van der Waals surface area contributed by atoms with Crippen molar-refractivity contribution in [2.45, 2.75) is 20.3 Å². The number of nitrogens with two attached hydrogens (primary N) is 1. The van der Waals surface area contributed by atoms with Crippen LogP contribution in [0.4, 0.5) is 4.39 Å². The van der Waals surface area contributed by atoms with E-state index < -0.39 is 11.8 Å². The third-order valence-corrected chi connectivity index (χ3v) is 5.31. The van der Waals surface area contributed by atoms with Crippen molar-refractivity contribution in [2.75, 3.05) is 13.7 Å². The Kier molecular flexibility index (Phi) is 6.74. The minimum absolute atomic E-state index is 0.0950. The van der Waals surface area contributed by atoms with Crippen LogP contribution < -0.4 is 15.8 Å². The number of aromatic nitrogens is 1. The monoisotopic (exact) mass is 423 g/mol. The number of hydrogen-bond acceptors (Lipinski definition) is 3. The van der Waals surface area contributed by atoms with Crippen LogP contribution in [-0.2, 0) is 11.2 Å². The maximum atomic E-state index is 13.1. The number of nitrogens with one attached hydrogen (secondary N) is 1. The number of nitrogens with zero attached hydrogens (tertiary/aromatic N) is 1. The molecular formula is C24H26FN3O3. The molecule has 0 spiro atoms. The second-order valence-corrected chi connectivity index (χ2v) is 7.46. The molecule has 0 aliphatic carbocycles. The number of carbonyl (C=O) groups excluding carboxylic acids is 2. The summed E-state index contributed by atoms with van der Waals surface area (Å²) < 4.78 is 20.3. The van der Waals surface area contributed by atoms with Crippen molar-refractivity contribution >= 4 is 11.8 Å². The van der Waals surface area contributed by atoms with E-state index in [0.717, 1.165) is 28.4 Å². The van der Waals surface area contributed by atoms with Crippen molar-refractivity contribution in [1.29, 1.82) is 0 Å². The Hall–Kier alpha value is -3.61. The van der Waals surface area contributed by atoms with Crippen LogP contribution in [0.2, 0.25) is 0 Å². The van der Waals surface area contributed by atoms with Gasteiger partial charge in [0, 0.05) is 23.6 Å². The molecule has 0 radical (unpaired) electrons. The van der Waals surface area contributed by atoms with E-state index in [1.54, 1.807) is 19.2 Å². The first-order valence-electron chi connectivity index (χ1n) is 9.95. The minimum atomic E-state index is -0.598. The van der Waals surface area contributed by atoms with Gasteiger partial charge < -0.3 is 20.4 Å². The molecule has 1 unspecified atom stereocenters. The summed E-state index contributed by atoms with van der Waals surface area (Å²) >= 11 is 0. The van der Waals surface area contributed by atoms with E-state index in [1.807, 2.05) is 48.7 Å². The molecule has 7 heteroatoms. The van der Waals surface area contributed by atoms with Gasteiger partial charge in [0.15, 0.2) is 0 Å². The lowest BCUT2D eigenvalue weighted by Crippen LogP contribution is -2.37. The number of halogens is 1. The molecular weight excluding hydrogens is 397 g/mol. The molecule has 3 aromatic rings. The van der Waals surface area contributed by atoms with Crippen molar-refractivity contribution in [2.24, 2.45) is 11.7 Å². The first kappa shape index (κ1) is 22.1. The summed E-state index contributed by atoms with van der Waals surface area (Å²) in [5.41, 5.74) is 9.43. The molecule has 3 N–H and O–H groups in total. The zero-order chi connectivity index (χ0) is 22.5. The second-order valence-electron chi connectivity index (χ2n) is 7.46. The van der Waals surface area contributed by atoms with Crippen LogP contribution >= 0.6 is 0 Å². The van der Waals surface area contributed by atoms with E-state index in [9.17, 15) is 14.0 Å². The Bertz CT molecular complexity index is 1070. The highest BCUT2D eigenvalue weighted by Crippen LogP contribution is 2.23. The molecule has 1 heterocycles. The first-order valence-corrected chi connectivity index (χ1v) is 9.95. The van der Waals surface area contributed by atoms with Crippen LogP contribution in [0.3, 0.4) is 0 Å². The maximum absolute atomic E-state index is 13.1. The van der Waals surface area contributed by atoms with Gasteiger partial charge in [-0.1, -0.05) is 12.1 Å². The normalized spacial score (nSPS) is 11.7. The number of aryl methyl sites for hydroxylation is 1. The quantitative estimate of drug-likeness (QED) is 0.583. The summed E-state index contributed by atoms with van der Waals surface area (Å²) in [5, 5.41) is 2.82. The van der Waals surface area contributed by atoms with Crippen molar-refractivity contribution < 1.29 is 18.7 Å². The van der Waals surface area contributed by atoms with Crippen molar-refractivity contribution in [1.82, 2.24) is 9.88 Å². The zero-order valence-corrected chi connectivity index (χ0v) is 17.8. The summed E-state index contributed by atoms with van der Waals surface area (Å²) in [4.78, 5) is 24.7. The van der Waals surface area contributed by atoms with Gasteiger partial charge in [0.2, 0.25) is 5.91 Å². The largest absolute Gasteiger partial charge is 0.497 e. The number of carbonyl (C=O) groups is 2. The molecule has 0 fully saturated rings. The summed E-state index contributed by atoms with van der Waals surface area (Å²) in [5.74, 6) is -0.992. The summed E-state index contributed by atoms with van der Waals surface area (Å²) in [6.45, 7) is 3.89. The van der Waals surface area contributed by atoms with E-state index >= 15 is 0 Å². The fraction of sp³-hybridized carbons (Fsp3) is 0.250. The predicted molar refractivity (Wildman–Crippen MR) is 117 cm³/mol. The molecule has 0 aliphatic rings. The molecule has 0 saturated carbocycles. The fourth-order valence-corrected chi connectivity index (χ4v) is 3.61. The zero-order valence-electron chi connectivity index (χ0n) is 17.8. The molecule has 1 atom stereocenters. The molecule has 0 bridgehead atoms. The van der Waals surface area contributed by atoms with E-state index in [1.165, 1.54) is 12.1 Å². The number of benzene rings is 2. The maximum Gasteiger partial charge on any atom is 0.253 e. The number of ether oxygens (including phenoxy) is 1. The SMILES string of the molecule is COc1ccc(-n2c(C)cc(C(=O)NCC(Cc3ccc(F)cc3)C(N)=O)c2C)cc1. The highest BCUT2D eigenvalue weighted by molar-refractivity contribution is 5.96. The van der Waals surface area contributed by atoms with Gasteiger partial charge >= 0.3 is 0 Å². The Balaban J connectivity index is 1.73. The van der Waals surface area contributed by atoms with Gasteiger partial charge in [-0.05, 0) is 68.3 Å². The van der Waals surface area contributed by atoms with Gasteiger partial charge in [0.05, 0.1) is 18.6 Å². The van der Waals surface area contributed by atoms with Crippen LogP contribution in [0.5, 0.6) is 5.75 Å². The van der Waals surface area contributed by atoms with Gasteiger partial charge in [0.25, 0.3) is 5.91 Å². The Morgan fingerprint density at radius 1 is 1.10 bits per heavy atom. The van der Waals surface area contributed by atoms with Gasteiger partial charge in [-0.2, -0.15) is 0 Å². The van der Waals surface area contributed by atoms with Crippen molar-refractivity contribution in [3.8, 4) is 11.4 Å². The molecule has 3 rings (SSSR count). The Morgan fingerprint density at radius 3 is 2.32 bits per heavy atom. The van der Waals surface area contributed by atoms with Gasteiger partial charge in [0.1, 0.15) is 11.6 Å². The van der Waals surface area contributed by atoms with E-state index in [4.69, 9.17) is 10.5 Å². The fourth-order valence-electron chi connectivity index (χ4n) is 3.61. The minimum Gasteiger partial charge on any atom is -0.497 e. The molecule has 0 aliphatic heterocycles. The molecule has 6 nitrogen and oxygen atoms in total. The lowest BCUT2D eigenvalue weighted by Gasteiger charge is -2.15. The topological polar surface area (TPSA) is 86.3 Å². The van der Waals surface area contributed by atoms with Crippen molar-refractivity contribution in [3.05, 3.63) is 82.9 Å². The lowest BCUT2D eigenvalue weighted by molar-refractivity contribution is -0.121. The summed E-state index contributed by atoms with van der Waals surface area (Å²) in [6, 6.07) is 15.3. The van der Waals surface area contributed by atoms with Crippen LogP contribution in [0.15, 0.2) is 54.6 Å². The summed E-state index contributed by atoms with van der Waals surface area (Å²) in [7, 11) is 1.61. The molecule has 0 saturated heterocycles. The Labute approximate surface area is 180 Å². The molecule has 162 valence electrons. The average Bonchev–Trinajstić information content (AvgIpc) is 3.06. The number of rotatable bonds is 8. The molecule has 31 heavy (non-hydrogen) atoms. The van der Waals surface area contributed by atoms with Crippen LogP contribution in [-0.4, -0.2) is 30.0 Å².